The van der Waals surface area contributed by atoms with E-state index in [-0.39, 0.29) is 0 Å². The van der Waals surface area contributed by atoms with Crippen molar-refractivity contribution in [3.63, 3.8) is 0 Å². The van der Waals surface area contributed by atoms with Crippen molar-refractivity contribution < 1.29 is 0 Å². The lowest BCUT2D eigenvalue weighted by atomic mass is 10.0. The van der Waals surface area contributed by atoms with Gasteiger partial charge in [0.05, 0.1) is 0 Å². The van der Waals surface area contributed by atoms with Gasteiger partial charge in [-0.25, -0.2) is 0 Å². The number of fused-ring (bicyclic) bond motifs is 2. The van der Waals surface area contributed by atoms with Gasteiger partial charge in [-0.2, -0.15) is 0 Å². The fourth-order valence-electron chi connectivity index (χ4n) is 2.92. The maximum absolute atomic E-state index is 2.18. The van der Waals surface area contributed by atoms with E-state index in [1.807, 2.05) is 0 Å². The summed E-state index contributed by atoms with van der Waals surface area (Å²) in [5.41, 5.74) is 4.12. The van der Waals surface area contributed by atoms with Crippen LogP contribution in [0.15, 0.2) is 78.9 Å². The van der Waals surface area contributed by atoms with Crippen LogP contribution in [0.4, 0.5) is 0 Å². The maximum Gasteiger partial charge on any atom is -0.0152 e. The molecule has 0 heteroatoms. The molecule has 0 radical (unpaired) electrons. The van der Waals surface area contributed by atoms with Crippen LogP contribution in [0.3, 0.4) is 0 Å². The van der Waals surface area contributed by atoms with Crippen molar-refractivity contribution in [1.82, 2.24) is 0 Å². The smallest absolute Gasteiger partial charge is 0.0152 e. The number of benzene rings is 4. The summed E-state index contributed by atoms with van der Waals surface area (Å²) < 4.78 is 0. The van der Waals surface area contributed by atoms with E-state index in [2.05, 4.69) is 99.6 Å². The van der Waals surface area contributed by atoms with E-state index in [1.165, 1.54) is 38.2 Å². The van der Waals surface area contributed by atoms with E-state index in [1.54, 1.807) is 0 Å². The van der Waals surface area contributed by atoms with Gasteiger partial charge in [0.25, 0.3) is 0 Å². The van der Waals surface area contributed by atoms with Crippen LogP contribution in [0.5, 0.6) is 0 Å². The van der Waals surface area contributed by atoms with Crippen molar-refractivity contribution in [2.45, 2.75) is 20.8 Å². The molecule has 0 N–H and O–H groups in total. The largest absolute Gasteiger partial charge is 0.0616 e. The molecule has 0 aliphatic rings. The Balaban J connectivity index is 0.000000136. The fraction of sp³-hybridized carbons (Fsp3) is 0.130. The molecule has 23 heavy (non-hydrogen) atoms. The topological polar surface area (TPSA) is 0 Å². The maximum atomic E-state index is 2.18. The molecule has 0 amide bonds. The van der Waals surface area contributed by atoms with Crippen LogP contribution < -0.4 is 0 Å². The molecule has 114 valence electrons. The van der Waals surface area contributed by atoms with Gasteiger partial charge < -0.3 is 0 Å². The first-order valence-electron chi connectivity index (χ1n) is 8.06. The predicted octanol–water partition coefficient (Wildman–Crippen LogP) is 6.60. The van der Waals surface area contributed by atoms with Crippen molar-refractivity contribution >= 4 is 21.5 Å². The minimum Gasteiger partial charge on any atom is -0.0616 e. The SMILES string of the molecule is Cc1ccc2ccccc2c1C.Cc1cccc2ccccc12. The van der Waals surface area contributed by atoms with Gasteiger partial charge in [-0.3, -0.25) is 0 Å². The number of hydrogen-bond donors (Lipinski definition) is 0. The quantitative estimate of drug-likeness (QED) is 0.343. The highest BCUT2D eigenvalue weighted by molar-refractivity contribution is 5.86. The Labute approximate surface area is 138 Å². The summed E-state index contributed by atoms with van der Waals surface area (Å²) >= 11 is 0. The van der Waals surface area contributed by atoms with E-state index >= 15 is 0 Å². The summed E-state index contributed by atoms with van der Waals surface area (Å²) in [6.07, 6.45) is 0. The van der Waals surface area contributed by atoms with Crippen LogP contribution >= 0.6 is 0 Å². The van der Waals surface area contributed by atoms with E-state index in [4.69, 9.17) is 0 Å². The Morgan fingerprint density at radius 1 is 0.435 bits per heavy atom. The van der Waals surface area contributed by atoms with Gasteiger partial charge in [-0.1, -0.05) is 78.9 Å². The predicted molar refractivity (Wildman–Crippen MR) is 102 cm³/mol. The first kappa shape index (κ1) is 15.3. The molecule has 4 aromatic rings. The Bertz CT molecular complexity index is 943. The fourth-order valence-corrected chi connectivity index (χ4v) is 2.92. The van der Waals surface area contributed by atoms with Crippen LogP contribution in [-0.2, 0) is 0 Å². The van der Waals surface area contributed by atoms with Gasteiger partial charge in [0, 0.05) is 0 Å². The molecule has 0 nitrogen and oxygen atoms in total. The lowest BCUT2D eigenvalue weighted by Gasteiger charge is -2.04. The molecule has 4 aromatic carbocycles. The van der Waals surface area contributed by atoms with Crippen molar-refractivity contribution in [3.05, 3.63) is 95.6 Å². The molecule has 0 aromatic heterocycles. The summed E-state index contributed by atoms with van der Waals surface area (Å²) in [6.45, 7) is 6.47. The Hall–Kier alpha value is -2.60. The number of rotatable bonds is 0. The summed E-state index contributed by atoms with van der Waals surface area (Å²) in [7, 11) is 0. The molecule has 4 rings (SSSR count). The second kappa shape index (κ2) is 6.66. The van der Waals surface area contributed by atoms with Gasteiger partial charge >= 0.3 is 0 Å². The van der Waals surface area contributed by atoms with E-state index in [9.17, 15) is 0 Å². The third kappa shape index (κ3) is 3.27. The van der Waals surface area contributed by atoms with Gasteiger partial charge in [0.1, 0.15) is 0 Å². The first-order valence-corrected chi connectivity index (χ1v) is 8.06. The molecule has 0 fully saturated rings. The molecule has 0 unspecified atom stereocenters. The normalized spacial score (nSPS) is 10.4. The van der Waals surface area contributed by atoms with E-state index in [0.29, 0.717) is 0 Å². The van der Waals surface area contributed by atoms with Gasteiger partial charge in [0.15, 0.2) is 0 Å². The number of aryl methyl sites for hydroxylation is 3. The van der Waals surface area contributed by atoms with Gasteiger partial charge in [0.2, 0.25) is 0 Å². The van der Waals surface area contributed by atoms with Crippen LogP contribution in [0.1, 0.15) is 16.7 Å². The highest BCUT2D eigenvalue weighted by atomic mass is 14.0. The van der Waals surface area contributed by atoms with Gasteiger partial charge in [-0.15, -0.1) is 0 Å². The molecule has 0 saturated heterocycles. The monoisotopic (exact) mass is 298 g/mol. The van der Waals surface area contributed by atoms with E-state index in [0.717, 1.165) is 0 Å². The van der Waals surface area contributed by atoms with Crippen molar-refractivity contribution in [2.24, 2.45) is 0 Å². The highest BCUT2D eigenvalue weighted by Crippen LogP contribution is 2.20. The lowest BCUT2D eigenvalue weighted by molar-refractivity contribution is 1.38. The van der Waals surface area contributed by atoms with Crippen molar-refractivity contribution in [1.29, 1.82) is 0 Å². The van der Waals surface area contributed by atoms with Crippen molar-refractivity contribution in [3.8, 4) is 0 Å². The number of hydrogen-bond acceptors (Lipinski definition) is 0. The first-order chi connectivity index (χ1) is 11.2. The molecule has 0 saturated carbocycles. The zero-order valence-electron chi connectivity index (χ0n) is 14.0. The summed E-state index contributed by atoms with van der Waals surface area (Å²) in [6, 6.07) is 27.7. The molecule has 0 aliphatic heterocycles. The zero-order valence-corrected chi connectivity index (χ0v) is 14.0. The third-order valence-corrected chi connectivity index (χ3v) is 4.48. The average Bonchev–Trinajstić information content (AvgIpc) is 2.60. The second-order valence-corrected chi connectivity index (χ2v) is 6.02. The van der Waals surface area contributed by atoms with Crippen LogP contribution in [0.25, 0.3) is 21.5 Å². The zero-order chi connectivity index (χ0) is 16.2. The summed E-state index contributed by atoms with van der Waals surface area (Å²) in [5.74, 6) is 0. The Morgan fingerprint density at radius 2 is 1.00 bits per heavy atom. The minimum absolute atomic E-state index is 1.33. The molecule has 0 aliphatic carbocycles. The second-order valence-electron chi connectivity index (χ2n) is 6.02. The molecular weight excluding hydrogens is 276 g/mol. The van der Waals surface area contributed by atoms with Crippen LogP contribution in [-0.4, -0.2) is 0 Å². The highest BCUT2D eigenvalue weighted by Gasteiger charge is 1.97. The standard InChI is InChI=1S/C12H12.C11H10/c1-9-7-8-11-5-3-4-6-12(11)10(9)2;1-9-5-4-7-10-6-2-3-8-11(9)10/h3-8H,1-2H3;2-8H,1H3. The molecule has 0 spiro atoms. The minimum atomic E-state index is 1.33. The summed E-state index contributed by atoms with van der Waals surface area (Å²) in [5, 5.41) is 5.39. The molecule has 0 heterocycles. The van der Waals surface area contributed by atoms with E-state index < -0.39 is 0 Å². The molecule has 0 atom stereocenters. The average molecular weight is 298 g/mol. The van der Waals surface area contributed by atoms with Gasteiger partial charge in [-0.05, 0) is 59.0 Å². The Kier molecular flexibility index (Phi) is 4.43. The summed E-state index contributed by atoms with van der Waals surface area (Å²) in [4.78, 5) is 0. The Morgan fingerprint density at radius 3 is 1.70 bits per heavy atom. The van der Waals surface area contributed by atoms with Crippen LogP contribution in [0.2, 0.25) is 0 Å². The third-order valence-electron chi connectivity index (χ3n) is 4.48. The van der Waals surface area contributed by atoms with Crippen molar-refractivity contribution in [2.75, 3.05) is 0 Å². The molecule has 0 bridgehead atoms. The van der Waals surface area contributed by atoms with Crippen LogP contribution in [0, 0.1) is 20.8 Å². The molecular formula is C23H22. The lowest BCUT2D eigenvalue weighted by Crippen LogP contribution is -1.82.